The van der Waals surface area contributed by atoms with Crippen molar-refractivity contribution in [2.75, 3.05) is 0 Å². The highest BCUT2D eigenvalue weighted by Gasteiger charge is 2.19. The molecule has 0 fully saturated rings. The van der Waals surface area contributed by atoms with Gasteiger partial charge in [-0.1, -0.05) is 97.1 Å². The summed E-state index contributed by atoms with van der Waals surface area (Å²) < 4.78 is 8.65. The van der Waals surface area contributed by atoms with E-state index in [2.05, 4.69) is 102 Å². The van der Waals surface area contributed by atoms with Crippen LogP contribution in [0.25, 0.3) is 83.6 Å². The van der Waals surface area contributed by atoms with E-state index in [0.29, 0.717) is 5.82 Å². The fraction of sp³-hybridized carbons (Fsp3) is 0. The van der Waals surface area contributed by atoms with Crippen molar-refractivity contribution in [3.05, 3.63) is 146 Å². The molecule has 6 aromatic carbocycles. The largest absolute Gasteiger partial charge is 0.454 e. The van der Waals surface area contributed by atoms with Gasteiger partial charge in [-0.25, -0.2) is 15.0 Å². The minimum atomic E-state index is 0.633. The number of rotatable bonds is 4. The Morgan fingerprint density at radius 1 is 0.500 bits per heavy atom. The summed E-state index contributed by atoms with van der Waals surface area (Å²) in [5.41, 5.74) is 9.25. The van der Waals surface area contributed by atoms with Gasteiger partial charge in [0.2, 0.25) is 0 Å². The molecular formula is C39H24N4O. The highest BCUT2D eigenvalue weighted by Crippen LogP contribution is 2.38. The lowest BCUT2D eigenvalue weighted by Gasteiger charge is -2.12. The van der Waals surface area contributed by atoms with Gasteiger partial charge >= 0.3 is 0 Å². The maximum absolute atomic E-state index is 6.44. The fourth-order valence-corrected chi connectivity index (χ4v) is 6.17. The zero-order valence-electron chi connectivity index (χ0n) is 23.6. The molecule has 5 nitrogen and oxygen atoms in total. The van der Waals surface area contributed by atoms with E-state index >= 15 is 0 Å². The van der Waals surface area contributed by atoms with Crippen molar-refractivity contribution < 1.29 is 4.42 Å². The number of hydrogen-bond acceptors (Lipinski definition) is 4. The Morgan fingerprint density at radius 2 is 1.20 bits per heavy atom. The van der Waals surface area contributed by atoms with Gasteiger partial charge in [-0.2, -0.15) is 0 Å². The molecule has 206 valence electrons. The van der Waals surface area contributed by atoms with Gasteiger partial charge in [0.05, 0.1) is 16.7 Å². The van der Waals surface area contributed by atoms with Crippen molar-refractivity contribution >= 4 is 43.9 Å². The average Bonchev–Trinajstić information content (AvgIpc) is 3.68. The summed E-state index contributed by atoms with van der Waals surface area (Å²) in [6.07, 6.45) is 0. The predicted molar refractivity (Wildman–Crippen MR) is 178 cm³/mol. The van der Waals surface area contributed by atoms with Crippen LogP contribution in [0.5, 0.6) is 0 Å². The summed E-state index contributed by atoms with van der Waals surface area (Å²) in [5.74, 6) is 1.50. The van der Waals surface area contributed by atoms with Crippen molar-refractivity contribution in [2.45, 2.75) is 0 Å². The van der Waals surface area contributed by atoms with Crippen LogP contribution in [0.2, 0.25) is 0 Å². The van der Waals surface area contributed by atoms with E-state index in [-0.39, 0.29) is 0 Å². The van der Waals surface area contributed by atoms with Crippen LogP contribution in [0.15, 0.2) is 150 Å². The Morgan fingerprint density at radius 3 is 2.09 bits per heavy atom. The van der Waals surface area contributed by atoms with Crippen LogP contribution in [0.4, 0.5) is 0 Å². The summed E-state index contributed by atoms with van der Waals surface area (Å²) in [4.78, 5) is 15.4. The maximum Gasteiger partial charge on any atom is 0.161 e. The van der Waals surface area contributed by atoms with Gasteiger partial charge in [0, 0.05) is 38.5 Å². The normalized spacial score (nSPS) is 11.6. The number of aromatic nitrogens is 4. The number of imidazole rings is 1. The van der Waals surface area contributed by atoms with E-state index in [0.717, 1.165) is 77.8 Å². The second kappa shape index (κ2) is 9.75. The van der Waals surface area contributed by atoms with Gasteiger partial charge in [-0.3, -0.25) is 4.57 Å². The number of furan rings is 1. The Bertz CT molecular complexity index is 2490. The lowest BCUT2D eigenvalue weighted by molar-refractivity contribution is 0.671. The molecule has 3 heterocycles. The summed E-state index contributed by atoms with van der Waals surface area (Å²) in [7, 11) is 0. The topological polar surface area (TPSA) is 56.7 Å². The van der Waals surface area contributed by atoms with Crippen molar-refractivity contribution in [3.63, 3.8) is 0 Å². The standard InChI is InChI=1S/C39H24N4O/c1-3-12-25(13-4-1)35-31-23-22-30-29-18-7-10-21-34(29)44-37(30)36(31)42-38(41-35)26-14-11-15-27(24-26)39-40-32-19-8-9-20-33(32)43(39)28-16-5-2-6-17-28/h1-24H. The van der Waals surface area contributed by atoms with E-state index in [1.165, 1.54) is 0 Å². The minimum Gasteiger partial charge on any atom is -0.454 e. The van der Waals surface area contributed by atoms with Crippen molar-refractivity contribution in [2.24, 2.45) is 0 Å². The molecule has 44 heavy (non-hydrogen) atoms. The molecule has 3 aromatic heterocycles. The highest BCUT2D eigenvalue weighted by molar-refractivity contribution is 6.15. The van der Waals surface area contributed by atoms with Crippen molar-refractivity contribution in [3.8, 4) is 39.7 Å². The van der Waals surface area contributed by atoms with Crippen LogP contribution >= 0.6 is 0 Å². The molecule has 9 aromatic rings. The van der Waals surface area contributed by atoms with Crippen LogP contribution in [0.3, 0.4) is 0 Å². The smallest absolute Gasteiger partial charge is 0.161 e. The molecule has 5 heteroatoms. The van der Waals surface area contributed by atoms with E-state index < -0.39 is 0 Å². The van der Waals surface area contributed by atoms with Gasteiger partial charge in [0.15, 0.2) is 11.4 Å². The molecule has 0 aliphatic carbocycles. The first-order valence-corrected chi connectivity index (χ1v) is 14.6. The van der Waals surface area contributed by atoms with Crippen LogP contribution in [-0.2, 0) is 0 Å². The Kier molecular flexibility index (Phi) is 5.43. The number of fused-ring (bicyclic) bond motifs is 6. The molecule has 0 saturated heterocycles. The van der Waals surface area contributed by atoms with Gasteiger partial charge in [0.1, 0.15) is 16.9 Å². The van der Waals surface area contributed by atoms with Crippen LogP contribution in [0.1, 0.15) is 0 Å². The number of para-hydroxylation sites is 4. The first-order valence-electron chi connectivity index (χ1n) is 14.6. The summed E-state index contributed by atoms with van der Waals surface area (Å²) >= 11 is 0. The molecule has 9 rings (SSSR count). The number of hydrogen-bond donors (Lipinski definition) is 0. The van der Waals surface area contributed by atoms with Gasteiger partial charge in [0.25, 0.3) is 0 Å². The maximum atomic E-state index is 6.44. The molecule has 0 bridgehead atoms. The molecule has 0 atom stereocenters. The third-order valence-corrected chi connectivity index (χ3v) is 8.21. The van der Waals surface area contributed by atoms with Crippen molar-refractivity contribution in [1.82, 2.24) is 19.5 Å². The second-order valence-corrected chi connectivity index (χ2v) is 10.9. The summed E-state index contributed by atoms with van der Waals surface area (Å²) in [6, 6.07) is 49.6. The second-order valence-electron chi connectivity index (χ2n) is 10.9. The van der Waals surface area contributed by atoms with Crippen LogP contribution < -0.4 is 0 Å². The quantitative estimate of drug-likeness (QED) is 0.213. The van der Waals surface area contributed by atoms with E-state index in [9.17, 15) is 0 Å². The molecule has 0 radical (unpaired) electrons. The number of benzene rings is 6. The molecule has 0 aliphatic heterocycles. The molecule has 0 unspecified atom stereocenters. The van der Waals surface area contributed by atoms with Crippen molar-refractivity contribution in [1.29, 1.82) is 0 Å². The first-order chi connectivity index (χ1) is 21.8. The molecule has 0 amide bonds. The fourth-order valence-electron chi connectivity index (χ4n) is 6.17. The van der Waals surface area contributed by atoms with Gasteiger partial charge < -0.3 is 4.42 Å². The zero-order chi connectivity index (χ0) is 29.0. The van der Waals surface area contributed by atoms with E-state index in [1.807, 2.05) is 48.5 Å². The minimum absolute atomic E-state index is 0.633. The lowest BCUT2D eigenvalue weighted by atomic mass is 10.0. The first kappa shape index (κ1) is 24.5. The Labute approximate surface area is 252 Å². The highest BCUT2D eigenvalue weighted by atomic mass is 16.3. The Hall–Kier alpha value is -6.07. The summed E-state index contributed by atoms with van der Waals surface area (Å²) in [5, 5.41) is 3.07. The summed E-state index contributed by atoms with van der Waals surface area (Å²) in [6.45, 7) is 0. The molecule has 0 aliphatic rings. The SMILES string of the molecule is c1ccc(-c2nc(-c3cccc(-c4nc5ccccc5n4-c4ccccc4)c3)nc3c2ccc2c4ccccc4oc23)cc1. The lowest BCUT2D eigenvalue weighted by Crippen LogP contribution is -1.98. The monoisotopic (exact) mass is 564 g/mol. The van der Waals surface area contributed by atoms with Gasteiger partial charge in [-0.05, 0) is 48.5 Å². The van der Waals surface area contributed by atoms with Gasteiger partial charge in [-0.15, -0.1) is 0 Å². The van der Waals surface area contributed by atoms with Crippen LogP contribution in [0, 0.1) is 0 Å². The van der Waals surface area contributed by atoms with E-state index in [1.54, 1.807) is 0 Å². The molecule has 0 N–H and O–H groups in total. The number of nitrogens with zero attached hydrogens (tertiary/aromatic N) is 4. The third kappa shape index (κ3) is 3.83. The zero-order valence-corrected chi connectivity index (χ0v) is 23.6. The molecule has 0 saturated carbocycles. The van der Waals surface area contributed by atoms with Crippen LogP contribution in [-0.4, -0.2) is 19.5 Å². The third-order valence-electron chi connectivity index (χ3n) is 8.21. The van der Waals surface area contributed by atoms with E-state index in [4.69, 9.17) is 19.4 Å². The molecular weight excluding hydrogens is 540 g/mol. The average molecular weight is 565 g/mol. The predicted octanol–water partition coefficient (Wildman–Crippen LogP) is 9.87. The molecule has 0 spiro atoms. The Balaban J connectivity index is 1.30.